The molecule has 15 heavy (non-hydrogen) atoms. The summed E-state index contributed by atoms with van der Waals surface area (Å²) in [4.78, 5) is 14.3. The fourth-order valence-corrected chi connectivity index (χ4v) is 1.16. The number of pyridine rings is 1. The van der Waals surface area contributed by atoms with Crippen LogP contribution >= 0.6 is 0 Å². The molecule has 2 N–H and O–H groups in total. The monoisotopic (exact) mass is 216 g/mol. The molecular weight excluding hydrogens is 206 g/mol. The topological polar surface area (TPSA) is 65.2 Å². The minimum Gasteiger partial charge on any atom is -0.496 e. The lowest BCUT2D eigenvalue weighted by Crippen LogP contribution is -2.08. The molecule has 0 radical (unpaired) electrons. The number of rotatable bonds is 4. The van der Waals surface area contributed by atoms with Gasteiger partial charge in [0, 0.05) is 12.6 Å². The van der Waals surface area contributed by atoms with Gasteiger partial charge in [-0.1, -0.05) is 0 Å². The van der Waals surface area contributed by atoms with E-state index in [4.69, 9.17) is 10.5 Å². The third-order valence-electron chi connectivity index (χ3n) is 1.87. The maximum absolute atomic E-state index is 12.4. The van der Waals surface area contributed by atoms with E-state index in [0.29, 0.717) is 6.29 Å². The minimum absolute atomic E-state index is 0.0655. The van der Waals surface area contributed by atoms with Crippen molar-refractivity contribution in [3.05, 3.63) is 23.0 Å². The van der Waals surface area contributed by atoms with Crippen molar-refractivity contribution in [3.8, 4) is 5.75 Å². The predicted molar refractivity (Wildman–Crippen MR) is 49.0 cm³/mol. The normalized spacial score (nSPS) is 10.5. The highest BCUT2D eigenvalue weighted by molar-refractivity contribution is 5.81. The van der Waals surface area contributed by atoms with E-state index in [-0.39, 0.29) is 23.6 Å². The molecule has 0 unspecified atom stereocenters. The van der Waals surface area contributed by atoms with Gasteiger partial charge in [-0.15, -0.1) is 0 Å². The highest BCUT2D eigenvalue weighted by Gasteiger charge is 2.16. The van der Waals surface area contributed by atoms with Gasteiger partial charge in [0.05, 0.1) is 18.4 Å². The Labute approximate surface area is 85.1 Å². The number of carbonyl (C=O) groups is 1. The van der Waals surface area contributed by atoms with Crippen LogP contribution in [0.1, 0.15) is 28.2 Å². The molecule has 0 fully saturated rings. The van der Waals surface area contributed by atoms with Gasteiger partial charge in [0.25, 0.3) is 6.43 Å². The average Bonchev–Trinajstić information content (AvgIpc) is 2.26. The number of carbonyl (C=O) groups excluding carboxylic acids is 1. The first-order chi connectivity index (χ1) is 7.13. The molecule has 1 aromatic heterocycles. The summed E-state index contributed by atoms with van der Waals surface area (Å²) in [6.45, 7) is -0.0923. The fraction of sp³-hybridized carbons (Fsp3) is 0.333. The molecule has 0 atom stereocenters. The van der Waals surface area contributed by atoms with E-state index in [1.165, 1.54) is 7.11 Å². The molecule has 0 aromatic carbocycles. The second-order valence-corrected chi connectivity index (χ2v) is 2.73. The van der Waals surface area contributed by atoms with E-state index in [1.807, 2.05) is 0 Å². The molecule has 82 valence electrons. The molecular formula is C9H10F2N2O2. The van der Waals surface area contributed by atoms with Gasteiger partial charge in [0.15, 0.2) is 6.29 Å². The summed E-state index contributed by atoms with van der Waals surface area (Å²) in [6.07, 6.45) is -2.23. The molecule has 0 aliphatic heterocycles. The SMILES string of the molecule is COc1cc(C(F)F)nc(CN)c1C=O. The van der Waals surface area contributed by atoms with Gasteiger partial charge in [-0.25, -0.2) is 13.8 Å². The van der Waals surface area contributed by atoms with Crippen LogP contribution in [0, 0.1) is 0 Å². The number of nitrogens with zero attached hydrogens (tertiary/aromatic N) is 1. The molecule has 0 saturated carbocycles. The highest BCUT2D eigenvalue weighted by Crippen LogP contribution is 2.25. The molecule has 0 aliphatic carbocycles. The number of ether oxygens (including phenoxy) is 1. The standard InChI is InChI=1S/C9H10F2N2O2/c1-15-8-2-6(9(10)11)13-7(3-12)5(8)4-14/h2,4,9H,3,12H2,1H3. The molecule has 0 spiro atoms. The molecule has 4 nitrogen and oxygen atoms in total. The number of methoxy groups -OCH3 is 1. The Hall–Kier alpha value is -1.56. The van der Waals surface area contributed by atoms with E-state index < -0.39 is 12.1 Å². The fourth-order valence-electron chi connectivity index (χ4n) is 1.16. The van der Waals surface area contributed by atoms with Crippen LogP contribution < -0.4 is 10.5 Å². The van der Waals surface area contributed by atoms with Crippen LogP contribution in [-0.4, -0.2) is 18.4 Å². The van der Waals surface area contributed by atoms with Crippen molar-refractivity contribution >= 4 is 6.29 Å². The van der Waals surface area contributed by atoms with Crippen LogP contribution in [0.4, 0.5) is 8.78 Å². The Morgan fingerprint density at radius 3 is 2.73 bits per heavy atom. The summed E-state index contributed by atoms with van der Waals surface area (Å²) in [7, 11) is 1.29. The van der Waals surface area contributed by atoms with Crippen molar-refractivity contribution < 1.29 is 18.3 Å². The lowest BCUT2D eigenvalue weighted by atomic mass is 10.1. The first kappa shape index (κ1) is 11.5. The Kier molecular flexibility index (Phi) is 3.68. The van der Waals surface area contributed by atoms with Gasteiger partial charge in [-0.3, -0.25) is 4.79 Å². The third kappa shape index (κ3) is 2.27. The summed E-state index contributed by atoms with van der Waals surface area (Å²) in [6, 6.07) is 1.04. The van der Waals surface area contributed by atoms with Crippen LogP contribution in [0.5, 0.6) is 5.75 Å². The van der Waals surface area contributed by atoms with Gasteiger partial charge < -0.3 is 10.5 Å². The Balaban J connectivity index is 3.35. The van der Waals surface area contributed by atoms with E-state index in [9.17, 15) is 13.6 Å². The van der Waals surface area contributed by atoms with Crippen molar-refractivity contribution in [1.82, 2.24) is 4.98 Å². The van der Waals surface area contributed by atoms with Gasteiger partial charge in [0.1, 0.15) is 11.4 Å². The molecule has 1 aromatic rings. The lowest BCUT2D eigenvalue weighted by molar-refractivity contribution is 0.111. The van der Waals surface area contributed by atoms with Crippen LogP contribution in [-0.2, 0) is 6.54 Å². The molecule has 0 amide bonds. The van der Waals surface area contributed by atoms with E-state index in [2.05, 4.69) is 4.98 Å². The van der Waals surface area contributed by atoms with Gasteiger partial charge in [-0.05, 0) is 0 Å². The Bertz CT molecular complexity index is 344. The minimum atomic E-state index is -2.72. The number of hydrogen-bond donors (Lipinski definition) is 1. The van der Waals surface area contributed by atoms with Crippen molar-refractivity contribution in [2.75, 3.05) is 7.11 Å². The largest absolute Gasteiger partial charge is 0.496 e. The molecule has 0 bridgehead atoms. The second kappa shape index (κ2) is 4.79. The van der Waals surface area contributed by atoms with Crippen LogP contribution in [0.25, 0.3) is 0 Å². The van der Waals surface area contributed by atoms with Crippen molar-refractivity contribution in [2.24, 2.45) is 5.73 Å². The van der Waals surface area contributed by atoms with Crippen molar-refractivity contribution in [3.63, 3.8) is 0 Å². The average molecular weight is 216 g/mol. The first-order valence-electron chi connectivity index (χ1n) is 4.15. The van der Waals surface area contributed by atoms with Gasteiger partial charge in [0.2, 0.25) is 0 Å². The summed E-state index contributed by atoms with van der Waals surface area (Å²) >= 11 is 0. The number of aldehydes is 1. The Morgan fingerprint density at radius 2 is 2.33 bits per heavy atom. The summed E-state index contributed by atoms with van der Waals surface area (Å²) in [5.41, 5.74) is 5.08. The van der Waals surface area contributed by atoms with Crippen LogP contribution in [0.3, 0.4) is 0 Å². The molecule has 1 rings (SSSR count). The number of halogens is 2. The quantitative estimate of drug-likeness (QED) is 0.770. The zero-order valence-electron chi connectivity index (χ0n) is 8.04. The number of alkyl halides is 2. The molecule has 0 saturated heterocycles. The third-order valence-corrected chi connectivity index (χ3v) is 1.87. The van der Waals surface area contributed by atoms with Crippen molar-refractivity contribution in [1.29, 1.82) is 0 Å². The zero-order chi connectivity index (χ0) is 11.4. The number of hydrogen-bond acceptors (Lipinski definition) is 4. The predicted octanol–water partition coefficient (Wildman–Crippen LogP) is 1.30. The number of aromatic nitrogens is 1. The molecule has 0 aliphatic rings. The van der Waals surface area contributed by atoms with E-state index in [0.717, 1.165) is 6.07 Å². The summed E-state index contributed by atoms with van der Waals surface area (Å²) < 4.78 is 29.6. The highest BCUT2D eigenvalue weighted by atomic mass is 19.3. The van der Waals surface area contributed by atoms with E-state index >= 15 is 0 Å². The molecule has 6 heteroatoms. The maximum Gasteiger partial charge on any atom is 0.280 e. The van der Waals surface area contributed by atoms with E-state index in [1.54, 1.807) is 0 Å². The smallest absolute Gasteiger partial charge is 0.280 e. The first-order valence-corrected chi connectivity index (χ1v) is 4.15. The maximum atomic E-state index is 12.4. The zero-order valence-corrected chi connectivity index (χ0v) is 8.04. The number of nitrogens with two attached hydrogens (primary N) is 1. The van der Waals surface area contributed by atoms with Crippen LogP contribution in [0.15, 0.2) is 6.07 Å². The van der Waals surface area contributed by atoms with Gasteiger partial charge >= 0.3 is 0 Å². The summed E-state index contributed by atoms with van der Waals surface area (Å²) in [5, 5.41) is 0. The lowest BCUT2D eigenvalue weighted by Gasteiger charge is -2.09. The van der Waals surface area contributed by atoms with Crippen molar-refractivity contribution in [2.45, 2.75) is 13.0 Å². The van der Waals surface area contributed by atoms with Gasteiger partial charge in [-0.2, -0.15) is 0 Å². The Morgan fingerprint density at radius 1 is 1.67 bits per heavy atom. The summed E-state index contributed by atoms with van der Waals surface area (Å²) in [5.74, 6) is 0.0655. The van der Waals surface area contributed by atoms with Crippen LogP contribution in [0.2, 0.25) is 0 Å². The second-order valence-electron chi connectivity index (χ2n) is 2.73. The molecule has 1 heterocycles.